The lowest BCUT2D eigenvalue weighted by atomic mass is 10.2. The number of carbonyl (C=O) groups is 1. The van der Waals surface area contributed by atoms with E-state index in [0.717, 1.165) is 22.7 Å². The van der Waals surface area contributed by atoms with E-state index in [0.29, 0.717) is 11.7 Å². The van der Waals surface area contributed by atoms with Crippen LogP contribution in [0.4, 0.5) is 0 Å². The number of aliphatic imine (C=N–C) groups is 2. The zero-order chi connectivity index (χ0) is 15.0. The van der Waals surface area contributed by atoms with Crippen LogP contribution in [0.3, 0.4) is 0 Å². The van der Waals surface area contributed by atoms with Gasteiger partial charge in [-0.25, -0.2) is 4.99 Å². The SMILES string of the molecule is COc1cccc(C=C2C(=O)N=C3N=C(C)C(C)=NN23)c1. The van der Waals surface area contributed by atoms with Gasteiger partial charge >= 0.3 is 0 Å². The van der Waals surface area contributed by atoms with Crippen molar-refractivity contribution in [2.75, 3.05) is 7.11 Å². The van der Waals surface area contributed by atoms with Crippen molar-refractivity contribution in [2.45, 2.75) is 13.8 Å². The molecule has 0 saturated carbocycles. The van der Waals surface area contributed by atoms with Gasteiger partial charge in [0.2, 0.25) is 0 Å². The Hall–Kier alpha value is -2.76. The van der Waals surface area contributed by atoms with Gasteiger partial charge in [0.25, 0.3) is 11.9 Å². The molecule has 1 amide bonds. The zero-order valence-corrected chi connectivity index (χ0v) is 12.0. The predicted octanol–water partition coefficient (Wildman–Crippen LogP) is 2.08. The maximum absolute atomic E-state index is 12.0. The minimum atomic E-state index is -0.345. The molecule has 6 nitrogen and oxygen atoms in total. The molecular formula is C15H14N4O2. The van der Waals surface area contributed by atoms with E-state index in [-0.39, 0.29) is 5.91 Å². The number of fused-ring (bicyclic) bond motifs is 1. The number of rotatable bonds is 2. The average molecular weight is 282 g/mol. The Bertz CT molecular complexity index is 744. The largest absolute Gasteiger partial charge is 0.497 e. The molecule has 0 atom stereocenters. The molecule has 0 spiro atoms. The summed E-state index contributed by atoms with van der Waals surface area (Å²) in [5, 5.41) is 5.84. The summed E-state index contributed by atoms with van der Waals surface area (Å²) >= 11 is 0. The molecular weight excluding hydrogens is 268 g/mol. The molecule has 1 aromatic carbocycles. The molecule has 106 valence electrons. The first-order valence-electron chi connectivity index (χ1n) is 6.48. The Kier molecular flexibility index (Phi) is 3.13. The molecule has 21 heavy (non-hydrogen) atoms. The standard InChI is InChI=1S/C15H14N4O2/c1-9-10(2)18-19-13(14(20)17-15(19)16-9)8-11-5-4-6-12(7-11)21-3/h4-8H,1-3H3. The molecule has 0 aromatic heterocycles. The third kappa shape index (κ3) is 2.35. The van der Waals surface area contributed by atoms with Crippen molar-refractivity contribution < 1.29 is 9.53 Å². The highest BCUT2D eigenvalue weighted by Crippen LogP contribution is 2.24. The second-order valence-electron chi connectivity index (χ2n) is 4.72. The third-order valence-electron chi connectivity index (χ3n) is 3.28. The molecule has 0 fully saturated rings. The van der Waals surface area contributed by atoms with E-state index in [4.69, 9.17) is 4.74 Å². The van der Waals surface area contributed by atoms with Gasteiger partial charge in [0.1, 0.15) is 11.4 Å². The monoisotopic (exact) mass is 282 g/mol. The maximum Gasteiger partial charge on any atom is 0.299 e. The van der Waals surface area contributed by atoms with Gasteiger partial charge in [-0.15, -0.1) is 0 Å². The number of carbonyl (C=O) groups excluding carboxylic acids is 1. The predicted molar refractivity (Wildman–Crippen MR) is 81.5 cm³/mol. The molecule has 0 aliphatic carbocycles. The van der Waals surface area contributed by atoms with E-state index in [1.54, 1.807) is 13.2 Å². The van der Waals surface area contributed by atoms with E-state index in [1.807, 2.05) is 38.1 Å². The number of guanidine groups is 1. The normalized spacial score (nSPS) is 19.2. The lowest BCUT2D eigenvalue weighted by molar-refractivity contribution is -0.114. The molecule has 0 bridgehead atoms. The van der Waals surface area contributed by atoms with E-state index < -0.39 is 0 Å². The van der Waals surface area contributed by atoms with Crippen molar-refractivity contribution in [3.8, 4) is 5.75 Å². The van der Waals surface area contributed by atoms with Crippen molar-refractivity contribution in [1.29, 1.82) is 0 Å². The Morgan fingerprint density at radius 2 is 2.00 bits per heavy atom. The fourth-order valence-corrected chi connectivity index (χ4v) is 2.03. The molecule has 2 heterocycles. The average Bonchev–Trinajstić information content (AvgIpc) is 2.76. The van der Waals surface area contributed by atoms with Gasteiger partial charge < -0.3 is 4.74 Å². The van der Waals surface area contributed by atoms with Gasteiger partial charge in [-0.2, -0.15) is 15.1 Å². The first-order valence-corrected chi connectivity index (χ1v) is 6.48. The van der Waals surface area contributed by atoms with Crippen LogP contribution in [0.5, 0.6) is 5.75 Å². The Balaban J connectivity index is 2.00. The van der Waals surface area contributed by atoms with Crippen LogP contribution in [-0.2, 0) is 4.79 Å². The number of benzene rings is 1. The van der Waals surface area contributed by atoms with Crippen LogP contribution < -0.4 is 4.74 Å². The third-order valence-corrected chi connectivity index (χ3v) is 3.28. The summed E-state index contributed by atoms with van der Waals surface area (Å²) in [5.74, 6) is 0.697. The van der Waals surface area contributed by atoms with Crippen LogP contribution in [0.1, 0.15) is 19.4 Å². The van der Waals surface area contributed by atoms with Gasteiger partial charge in [-0.1, -0.05) is 12.1 Å². The van der Waals surface area contributed by atoms with Crippen molar-refractivity contribution in [1.82, 2.24) is 5.01 Å². The molecule has 0 radical (unpaired) electrons. The zero-order valence-electron chi connectivity index (χ0n) is 12.0. The van der Waals surface area contributed by atoms with E-state index in [2.05, 4.69) is 15.1 Å². The molecule has 2 aliphatic heterocycles. The number of hydrogen-bond donors (Lipinski definition) is 0. The molecule has 1 aromatic rings. The van der Waals surface area contributed by atoms with Crippen molar-refractivity contribution in [2.24, 2.45) is 15.1 Å². The summed E-state index contributed by atoms with van der Waals surface area (Å²) in [7, 11) is 1.60. The number of hydrogen-bond acceptors (Lipinski definition) is 5. The quantitative estimate of drug-likeness (QED) is 0.780. The number of amides is 1. The van der Waals surface area contributed by atoms with Gasteiger partial charge in [0, 0.05) is 0 Å². The van der Waals surface area contributed by atoms with Crippen molar-refractivity contribution in [3.05, 3.63) is 35.5 Å². The highest BCUT2D eigenvalue weighted by atomic mass is 16.5. The Morgan fingerprint density at radius 1 is 1.19 bits per heavy atom. The van der Waals surface area contributed by atoms with Crippen LogP contribution in [0.25, 0.3) is 6.08 Å². The van der Waals surface area contributed by atoms with Crippen LogP contribution in [-0.4, -0.2) is 35.4 Å². The number of hydrazone groups is 1. The van der Waals surface area contributed by atoms with Gasteiger partial charge in [0.05, 0.1) is 18.5 Å². The summed E-state index contributed by atoms with van der Waals surface area (Å²) in [4.78, 5) is 20.2. The van der Waals surface area contributed by atoms with Crippen LogP contribution in [0, 0.1) is 0 Å². The highest BCUT2D eigenvalue weighted by molar-refractivity contribution is 6.43. The summed E-state index contributed by atoms with van der Waals surface area (Å²) < 4.78 is 5.18. The van der Waals surface area contributed by atoms with Crippen molar-refractivity contribution >= 4 is 29.4 Å². The van der Waals surface area contributed by atoms with Gasteiger partial charge in [-0.05, 0) is 37.6 Å². The smallest absolute Gasteiger partial charge is 0.299 e. The van der Waals surface area contributed by atoms with E-state index in [9.17, 15) is 4.79 Å². The summed E-state index contributed by atoms with van der Waals surface area (Å²) in [6.07, 6.45) is 1.73. The molecule has 3 rings (SSSR count). The Labute approximate surface area is 122 Å². The molecule has 0 unspecified atom stereocenters. The highest BCUT2D eigenvalue weighted by Gasteiger charge is 2.32. The van der Waals surface area contributed by atoms with Crippen LogP contribution in [0.2, 0.25) is 0 Å². The first kappa shape index (κ1) is 13.2. The number of ether oxygens (including phenoxy) is 1. The van der Waals surface area contributed by atoms with Gasteiger partial charge in [-0.3, -0.25) is 4.79 Å². The number of nitrogens with zero attached hydrogens (tertiary/aromatic N) is 4. The lowest BCUT2D eigenvalue weighted by Gasteiger charge is -2.18. The second kappa shape index (κ2) is 4.97. The first-order chi connectivity index (χ1) is 10.1. The summed E-state index contributed by atoms with van der Waals surface area (Å²) in [6, 6.07) is 7.43. The van der Waals surface area contributed by atoms with E-state index >= 15 is 0 Å². The number of methoxy groups -OCH3 is 1. The fourth-order valence-electron chi connectivity index (χ4n) is 2.03. The van der Waals surface area contributed by atoms with Crippen molar-refractivity contribution in [3.63, 3.8) is 0 Å². The topological polar surface area (TPSA) is 66.6 Å². The molecule has 6 heteroatoms. The second-order valence-corrected chi connectivity index (χ2v) is 4.72. The van der Waals surface area contributed by atoms with Crippen LogP contribution >= 0.6 is 0 Å². The fraction of sp³-hybridized carbons (Fsp3) is 0.200. The van der Waals surface area contributed by atoms with Gasteiger partial charge in [0.15, 0.2) is 0 Å². The minimum absolute atomic E-state index is 0.317. The molecule has 0 saturated heterocycles. The van der Waals surface area contributed by atoms with E-state index in [1.165, 1.54) is 5.01 Å². The Morgan fingerprint density at radius 3 is 2.76 bits per heavy atom. The van der Waals surface area contributed by atoms with Crippen LogP contribution in [0.15, 0.2) is 45.0 Å². The summed E-state index contributed by atoms with van der Waals surface area (Å²) in [6.45, 7) is 3.69. The summed E-state index contributed by atoms with van der Waals surface area (Å²) in [5.41, 5.74) is 2.75. The molecule has 0 N–H and O–H groups in total. The minimum Gasteiger partial charge on any atom is -0.497 e. The molecule has 2 aliphatic rings. The lowest BCUT2D eigenvalue weighted by Crippen LogP contribution is -2.28. The maximum atomic E-state index is 12.0.